The number of hydrogen-bond acceptors (Lipinski definition) is 3. The Morgan fingerprint density at radius 3 is 2.53 bits per heavy atom. The molecular weight excluding hydrogens is 188 g/mol. The van der Waals surface area contributed by atoms with E-state index >= 15 is 0 Å². The van der Waals surface area contributed by atoms with Crippen LogP contribution in [0, 0.1) is 11.3 Å². The molecule has 0 bridgehead atoms. The molecule has 15 heavy (non-hydrogen) atoms. The van der Waals surface area contributed by atoms with Gasteiger partial charge in [-0.3, -0.25) is 4.68 Å². The number of nitrogens with zero attached hydrogens (tertiary/aromatic N) is 4. The van der Waals surface area contributed by atoms with Crippen LogP contribution in [0.5, 0.6) is 0 Å². The Labute approximate surface area is 90.1 Å². The number of hydrogen-bond donors (Lipinski definition) is 0. The first-order chi connectivity index (χ1) is 7.31. The first-order valence-corrected chi connectivity index (χ1v) is 5.50. The topological polar surface area (TPSA) is 44.9 Å². The number of anilines is 1. The minimum Gasteiger partial charge on any atom is -0.354 e. The van der Waals surface area contributed by atoms with E-state index in [0.29, 0.717) is 5.56 Å². The summed E-state index contributed by atoms with van der Waals surface area (Å²) in [7, 11) is 1.86. The van der Waals surface area contributed by atoms with E-state index in [-0.39, 0.29) is 0 Å². The molecule has 0 amide bonds. The SMILES string of the molecule is Cn1cc(C#N)c(N2CCCCCC2)n1. The van der Waals surface area contributed by atoms with Crippen molar-refractivity contribution in [3.63, 3.8) is 0 Å². The maximum atomic E-state index is 9.00. The van der Waals surface area contributed by atoms with E-state index in [2.05, 4.69) is 16.1 Å². The molecule has 4 nitrogen and oxygen atoms in total. The second kappa shape index (κ2) is 4.35. The van der Waals surface area contributed by atoms with Gasteiger partial charge in [0.25, 0.3) is 0 Å². The van der Waals surface area contributed by atoms with Gasteiger partial charge in [0.2, 0.25) is 0 Å². The molecule has 1 aliphatic heterocycles. The normalized spacial score (nSPS) is 17.2. The molecule has 0 saturated carbocycles. The summed E-state index contributed by atoms with van der Waals surface area (Å²) < 4.78 is 1.72. The van der Waals surface area contributed by atoms with Gasteiger partial charge in [0, 0.05) is 26.3 Å². The third kappa shape index (κ3) is 2.12. The minimum atomic E-state index is 0.694. The molecule has 1 saturated heterocycles. The average molecular weight is 204 g/mol. The Kier molecular flexibility index (Phi) is 2.91. The van der Waals surface area contributed by atoms with E-state index in [9.17, 15) is 0 Å². The van der Waals surface area contributed by atoms with Crippen LogP contribution in [0.1, 0.15) is 31.2 Å². The van der Waals surface area contributed by atoms with Gasteiger partial charge in [-0.1, -0.05) is 12.8 Å². The van der Waals surface area contributed by atoms with Crippen LogP contribution >= 0.6 is 0 Å². The van der Waals surface area contributed by atoms with Gasteiger partial charge in [0.15, 0.2) is 5.82 Å². The summed E-state index contributed by atoms with van der Waals surface area (Å²) in [6.45, 7) is 2.07. The smallest absolute Gasteiger partial charge is 0.168 e. The van der Waals surface area contributed by atoms with E-state index in [0.717, 1.165) is 18.9 Å². The van der Waals surface area contributed by atoms with Crippen molar-refractivity contribution in [1.82, 2.24) is 9.78 Å². The van der Waals surface area contributed by atoms with Gasteiger partial charge in [-0.05, 0) is 12.8 Å². The van der Waals surface area contributed by atoms with Crippen LogP contribution in [0.2, 0.25) is 0 Å². The highest BCUT2D eigenvalue weighted by molar-refractivity contribution is 5.52. The lowest BCUT2D eigenvalue weighted by atomic mass is 10.2. The lowest BCUT2D eigenvalue weighted by Crippen LogP contribution is -2.25. The summed E-state index contributed by atoms with van der Waals surface area (Å²) in [5.41, 5.74) is 0.694. The summed E-state index contributed by atoms with van der Waals surface area (Å²) >= 11 is 0. The lowest BCUT2D eigenvalue weighted by molar-refractivity contribution is 0.726. The van der Waals surface area contributed by atoms with Crippen molar-refractivity contribution >= 4 is 5.82 Å². The fourth-order valence-corrected chi connectivity index (χ4v) is 2.07. The van der Waals surface area contributed by atoms with E-state index in [1.165, 1.54) is 25.7 Å². The van der Waals surface area contributed by atoms with Gasteiger partial charge in [0.05, 0.1) is 0 Å². The van der Waals surface area contributed by atoms with Gasteiger partial charge in [-0.2, -0.15) is 10.4 Å². The van der Waals surface area contributed by atoms with Gasteiger partial charge in [-0.25, -0.2) is 0 Å². The van der Waals surface area contributed by atoms with Crippen molar-refractivity contribution in [2.24, 2.45) is 7.05 Å². The number of aryl methyl sites for hydroxylation is 1. The Balaban J connectivity index is 2.23. The molecule has 0 radical (unpaired) electrons. The van der Waals surface area contributed by atoms with E-state index in [1.54, 1.807) is 10.9 Å². The van der Waals surface area contributed by atoms with Crippen LogP contribution in [-0.4, -0.2) is 22.9 Å². The molecule has 0 N–H and O–H groups in total. The van der Waals surface area contributed by atoms with Crippen LogP contribution in [-0.2, 0) is 7.05 Å². The molecule has 4 heteroatoms. The number of nitriles is 1. The van der Waals surface area contributed by atoms with Crippen LogP contribution in [0.4, 0.5) is 5.82 Å². The largest absolute Gasteiger partial charge is 0.354 e. The van der Waals surface area contributed by atoms with E-state index in [1.807, 2.05) is 7.05 Å². The molecule has 1 aromatic heterocycles. The maximum Gasteiger partial charge on any atom is 0.168 e. The monoisotopic (exact) mass is 204 g/mol. The maximum absolute atomic E-state index is 9.00. The Hall–Kier alpha value is -1.50. The van der Waals surface area contributed by atoms with E-state index in [4.69, 9.17) is 5.26 Å². The minimum absolute atomic E-state index is 0.694. The van der Waals surface area contributed by atoms with Crippen LogP contribution in [0.25, 0.3) is 0 Å². The van der Waals surface area contributed by atoms with Crippen LogP contribution in [0.15, 0.2) is 6.20 Å². The lowest BCUT2D eigenvalue weighted by Gasteiger charge is -2.19. The van der Waals surface area contributed by atoms with Gasteiger partial charge < -0.3 is 4.90 Å². The van der Waals surface area contributed by atoms with E-state index < -0.39 is 0 Å². The fraction of sp³-hybridized carbons (Fsp3) is 0.636. The Morgan fingerprint density at radius 1 is 1.27 bits per heavy atom. The molecule has 0 aromatic carbocycles. The molecule has 1 fully saturated rings. The van der Waals surface area contributed by atoms with Crippen molar-refractivity contribution in [2.45, 2.75) is 25.7 Å². The first kappa shape index (κ1) is 10.0. The van der Waals surface area contributed by atoms with Crippen LogP contribution in [0.3, 0.4) is 0 Å². The average Bonchev–Trinajstić information content (AvgIpc) is 2.47. The third-order valence-electron chi connectivity index (χ3n) is 2.84. The van der Waals surface area contributed by atoms with Crippen molar-refractivity contribution in [3.8, 4) is 6.07 Å². The highest BCUT2D eigenvalue weighted by atomic mass is 15.3. The molecule has 1 aliphatic rings. The predicted molar refractivity (Wildman–Crippen MR) is 58.6 cm³/mol. The zero-order valence-electron chi connectivity index (χ0n) is 9.11. The Morgan fingerprint density at radius 2 is 1.93 bits per heavy atom. The van der Waals surface area contributed by atoms with Gasteiger partial charge in [-0.15, -0.1) is 0 Å². The summed E-state index contributed by atoms with van der Waals surface area (Å²) in [6.07, 6.45) is 6.81. The first-order valence-electron chi connectivity index (χ1n) is 5.50. The van der Waals surface area contributed by atoms with Gasteiger partial charge in [0.1, 0.15) is 11.6 Å². The number of rotatable bonds is 1. The molecule has 2 heterocycles. The summed E-state index contributed by atoms with van der Waals surface area (Å²) in [4.78, 5) is 2.24. The standard InChI is InChI=1S/C11H16N4/c1-14-9-10(8-12)11(13-14)15-6-4-2-3-5-7-15/h9H,2-7H2,1H3. The quantitative estimate of drug-likeness (QED) is 0.699. The second-order valence-electron chi connectivity index (χ2n) is 4.05. The molecule has 80 valence electrons. The highest BCUT2D eigenvalue weighted by Crippen LogP contribution is 2.20. The molecule has 2 rings (SSSR count). The molecule has 0 aliphatic carbocycles. The number of aromatic nitrogens is 2. The van der Waals surface area contributed by atoms with Crippen LogP contribution < -0.4 is 4.90 Å². The zero-order valence-corrected chi connectivity index (χ0v) is 9.11. The van der Waals surface area contributed by atoms with Crippen molar-refractivity contribution in [1.29, 1.82) is 5.26 Å². The Bertz CT molecular complexity index is 366. The predicted octanol–water partition coefficient (Wildman–Crippen LogP) is 1.67. The summed E-state index contributed by atoms with van der Waals surface area (Å²) in [5, 5.41) is 13.4. The van der Waals surface area contributed by atoms with Crippen molar-refractivity contribution in [3.05, 3.63) is 11.8 Å². The molecule has 0 spiro atoms. The molecule has 0 unspecified atom stereocenters. The molecule has 0 atom stereocenters. The van der Waals surface area contributed by atoms with Crippen molar-refractivity contribution < 1.29 is 0 Å². The second-order valence-corrected chi connectivity index (χ2v) is 4.05. The van der Waals surface area contributed by atoms with Gasteiger partial charge >= 0.3 is 0 Å². The summed E-state index contributed by atoms with van der Waals surface area (Å²) in [6, 6.07) is 2.21. The fourth-order valence-electron chi connectivity index (χ4n) is 2.07. The summed E-state index contributed by atoms with van der Waals surface area (Å²) in [5.74, 6) is 0.863. The zero-order chi connectivity index (χ0) is 10.7. The van der Waals surface area contributed by atoms with Crippen molar-refractivity contribution in [2.75, 3.05) is 18.0 Å². The third-order valence-corrected chi connectivity index (χ3v) is 2.84. The highest BCUT2D eigenvalue weighted by Gasteiger charge is 2.16. The molecular formula is C11H16N4. The molecule has 1 aromatic rings.